The lowest BCUT2D eigenvalue weighted by Gasteiger charge is -2.15. The SMILES string of the molecule is COc1ccc(Cc2ccc(NC3=NCCN3C)cc2)cc1-c1cccc(Cl)c1. The fraction of sp³-hybridized carbons (Fsp3) is 0.208. The Morgan fingerprint density at radius 2 is 1.83 bits per heavy atom. The van der Waals surface area contributed by atoms with Gasteiger partial charge in [-0.15, -0.1) is 0 Å². The van der Waals surface area contributed by atoms with Gasteiger partial charge in [-0.25, -0.2) is 0 Å². The first-order chi connectivity index (χ1) is 14.1. The molecular formula is C24H24ClN3O. The van der Waals surface area contributed by atoms with Crippen molar-refractivity contribution in [3.8, 4) is 16.9 Å². The Morgan fingerprint density at radius 3 is 2.52 bits per heavy atom. The van der Waals surface area contributed by atoms with E-state index >= 15 is 0 Å². The van der Waals surface area contributed by atoms with Crippen molar-refractivity contribution in [3.05, 3.63) is 82.9 Å². The van der Waals surface area contributed by atoms with Crippen LogP contribution in [-0.4, -0.2) is 38.1 Å². The Hall–Kier alpha value is -2.98. The molecule has 5 heteroatoms. The summed E-state index contributed by atoms with van der Waals surface area (Å²) in [5, 5.41) is 4.10. The van der Waals surface area contributed by atoms with Crippen molar-refractivity contribution in [2.24, 2.45) is 4.99 Å². The third-order valence-electron chi connectivity index (χ3n) is 5.08. The molecule has 4 rings (SSSR count). The Morgan fingerprint density at radius 1 is 1.03 bits per heavy atom. The minimum absolute atomic E-state index is 0.718. The first-order valence-corrected chi connectivity index (χ1v) is 10.0. The van der Waals surface area contributed by atoms with E-state index in [0.717, 1.165) is 53.1 Å². The molecule has 4 nitrogen and oxygen atoms in total. The predicted octanol–water partition coefficient (Wildman–Crippen LogP) is 5.32. The van der Waals surface area contributed by atoms with E-state index < -0.39 is 0 Å². The lowest BCUT2D eigenvalue weighted by molar-refractivity contribution is 0.416. The maximum absolute atomic E-state index is 6.19. The smallest absolute Gasteiger partial charge is 0.198 e. The zero-order valence-electron chi connectivity index (χ0n) is 16.7. The first kappa shape index (κ1) is 19.3. The van der Waals surface area contributed by atoms with E-state index in [1.807, 2.05) is 31.3 Å². The van der Waals surface area contributed by atoms with Gasteiger partial charge in [0.1, 0.15) is 5.75 Å². The summed E-state index contributed by atoms with van der Waals surface area (Å²) in [5.41, 5.74) is 5.63. The number of methoxy groups -OCH3 is 1. The van der Waals surface area contributed by atoms with Crippen LogP contribution in [0.4, 0.5) is 5.69 Å². The number of hydrogen-bond acceptors (Lipinski definition) is 4. The molecule has 29 heavy (non-hydrogen) atoms. The molecule has 1 N–H and O–H groups in total. The molecule has 1 aliphatic heterocycles. The molecule has 1 heterocycles. The second-order valence-corrected chi connectivity index (χ2v) is 7.61. The number of nitrogens with zero attached hydrogens (tertiary/aromatic N) is 2. The van der Waals surface area contributed by atoms with Gasteiger partial charge in [-0.2, -0.15) is 0 Å². The van der Waals surface area contributed by atoms with Crippen LogP contribution < -0.4 is 10.1 Å². The summed E-state index contributed by atoms with van der Waals surface area (Å²) in [6.07, 6.45) is 0.846. The number of nitrogens with one attached hydrogen (secondary N) is 1. The van der Waals surface area contributed by atoms with Crippen molar-refractivity contribution in [2.75, 3.05) is 32.6 Å². The highest BCUT2D eigenvalue weighted by atomic mass is 35.5. The van der Waals surface area contributed by atoms with Gasteiger partial charge in [-0.1, -0.05) is 41.9 Å². The normalized spacial score (nSPS) is 13.3. The standard InChI is InChI=1S/C24H24ClN3O/c1-28-13-12-26-24(28)27-21-9-6-17(7-10-21)14-18-8-11-23(29-2)22(15-18)19-4-3-5-20(25)16-19/h3-11,15-16H,12-14H2,1-2H3,(H,26,27). The molecule has 0 saturated carbocycles. The zero-order chi connectivity index (χ0) is 20.2. The van der Waals surface area contributed by atoms with Crippen molar-refractivity contribution in [3.63, 3.8) is 0 Å². The summed E-state index contributed by atoms with van der Waals surface area (Å²) < 4.78 is 5.57. The highest BCUT2D eigenvalue weighted by Gasteiger charge is 2.12. The summed E-state index contributed by atoms with van der Waals surface area (Å²) in [7, 11) is 3.75. The minimum atomic E-state index is 0.718. The molecule has 0 bridgehead atoms. The summed E-state index contributed by atoms with van der Waals surface area (Å²) in [6, 6.07) is 22.7. The van der Waals surface area contributed by atoms with Crippen molar-refractivity contribution < 1.29 is 4.74 Å². The first-order valence-electron chi connectivity index (χ1n) is 9.67. The minimum Gasteiger partial charge on any atom is -0.496 e. The van der Waals surface area contributed by atoms with E-state index in [4.69, 9.17) is 16.3 Å². The van der Waals surface area contributed by atoms with Gasteiger partial charge in [-0.3, -0.25) is 4.99 Å². The zero-order valence-corrected chi connectivity index (χ0v) is 17.4. The molecule has 148 valence electrons. The third-order valence-corrected chi connectivity index (χ3v) is 5.31. The Balaban J connectivity index is 1.53. The molecule has 1 aliphatic rings. The Bertz CT molecular complexity index is 1030. The van der Waals surface area contributed by atoms with E-state index in [1.165, 1.54) is 11.1 Å². The number of anilines is 1. The number of hydrogen-bond donors (Lipinski definition) is 1. The van der Waals surface area contributed by atoms with Crippen LogP contribution >= 0.6 is 11.6 Å². The fourth-order valence-corrected chi connectivity index (χ4v) is 3.68. The van der Waals surface area contributed by atoms with E-state index in [1.54, 1.807) is 7.11 Å². The van der Waals surface area contributed by atoms with Gasteiger partial charge in [0.05, 0.1) is 13.7 Å². The highest BCUT2D eigenvalue weighted by molar-refractivity contribution is 6.30. The van der Waals surface area contributed by atoms with Crippen LogP contribution in [0.15, 0.2) is 71.7 Å². The van der Waals surface area contributed by atoms with Gasteiger partial charge in [0, 0.05) is 29.9 Å². The summed E-state index contributed by atoms with van der Waals surface area (Å²) >= 11 is 6.19. The summed E-state index contributed by atoms with van der Waals surface area (Å²) in [6.45, 7) is 1.82. The van der Waals surface area contributed by atoms with E-state index in [9.17, 15) is 0 Å². The second-order valence-electron chi connectivity index (χ2n) is 7.17. The lowest BCUT2D eigenvalue weighted by Crippen LogP contribution is -2.28. The Labute approximate surface area is 176 Å². The van der Waals surface area contributed by atoms with Crippen LogP contribution in [0.3, 0.4) is 0 Å². The topological polar surface area (TPSA) is 36.9 Å². The summed E-state index contributed by atoms with van der Waals surface area (Å²) in [5.74, 6) is 1.77. The van der Waals surface area contributed by atoms with E-state index in [0.29, 0.717) is 0 Å². The van der Waals surface area contributed by atoms with Gasteiger partial charge in [-0.05, 0) is 59.5 Å². The largest absolute Gasteiger partial charge is 0.496 e. The number of likely N-dealkylation sites (N-methyl/N-ethyl adjacent to an activating group) is 1. The number of guanidine groups is 1. The van der Waals surface area contributed by atoms with Crippen LogP contribution in [-0.2, 0) is 6.42 Å². The van der Waals surface area contributed by atoms with Crippen molar-refractivity contribution >= 4 is 23.2 Å². The molecular weight excluding hydrogens is 382 g/mol. The van der Waals surface area contributed by atoms with Crippen LogP contribution in [0.5, 0.6) is 5.75 Å². The second kappa shape index (κ2) is 8.58. The van der Waals surface area contributed by atoms with Crippen LogP contribution in [0.2, 0.25) is 5.02 Å². The van der Waals surface area contributed by atoms with Crippen LogP contribution in [0.25, 0.3) is 11.1 Å². The Kier molecular flexibility index (Phi) is 5.72. The maximum atomic E-state index is 6.19. The third kappa shape index (κ3) is 4.54. The van der Waals surface area contributed by atoms with Gasteiger partial charge in [0.25, 0.3) is 0 Å². The molecule has 0 radical (unpaired) electrons. The highest BCUT2D eigenvalue weighted by Crippen LogP contribution is 2.33. The van der Waals surface area contributed by atoms with Gasteiger partial charge in [0.2, 0.25) is 0 Å². The molecule has 3 aromatic carbocycles. The average molecular weight is 406 g/mol. The van der Waals surface area contributed by atoms with Gasteiger partial charge in [0.15, 0.2) is 5.96 Å². The lowest BCUT2D eigenvalue weighted by atomic mass is 9.98. The molecule has 0 aromatic heterocycles. The van der Waals surface area contributed by atoms with Crippen LogP contribution in [0, 0.1) is 0 Å². The van der Waals surface area contributed by atoms with Crippen LogP contribution in [0.1, 0.15) is 11.1 Å². The number of aliphatic imine (C=N–C) groups is 1. The van der Waals surface area contributed by atoms with Crippen molar-refractivity contribution in [1.82, 2.24) is 4.90 Å². The number of halogens is 1. The number of ether oxygens (including phenoxy) is 1. The molecule has 0 fully saturated rings. The molecule has 0 spiro atoms. The van der Waals surface area contributed by atoms with Gasteiger partial charge >= 0.3 is 0 Å². The quantitative estimate of drug-likeness (QED) is 0.624. The van der Waals surface area contributed by atoms with Gasteiger partial charge < -0.3 is 15.0 Å². The number of benzene rings is 3. The molecule has 0 unspecified atom stereocenters. The predicted molar refractivity (Wildman–Crippen MR) is 121 cm³/mol. The molecule has 0 aliphatic carbocycles. The van der Waals surface area contributed by atoms with E-state index in [2.05, 4.69) is 57.7 Å². The van der Waals surface area contributed by atoms with E-state index in [-0.39, 0.29) is 0 Å². The fourth-order valence-electron chi connectivity index (χ4n) is 3.48. The molecule has 0 amide bonds. The maximum Gasteiger partial charge on any atom is 0.198 e. The summed E-state index contributed by atoms with van der Waals surface area (Å²) in [4.78, 5) is 6.60. The molecule has 3 aromatic rings. The monoisotopic (exact) mass is 405 g/mol. The van der Waals surface area contributed by atoms with Crippen molar-refractivity contribution in [2.45, 2.75) is 6.42 Å². The molecule has 0 saturated heterocycles. The molecule has 0 atom stereocenters. The van der Waals surface area contributed by atoms with Crippen molar-refractivity contribution in [1.29, 1.82) is 0 Å². The average Bonchev–Trinajstić information content (AvgIpc) is 3.14. The number of rotatable bonds is 5.